The number of benzene rings is 1. The first-order valence-electron chi connectivity index (χ1n) is 5.92. The molecule has 0 saturated heterocycles. The van der Waals surface area contributed by atoms with E-state index in [9.17, 15) is 9.59 Å². The van der Waals surface area contributed by atoms with E-state index >= 15 is 0 Å². The first kappa shape index (κ1) is 16.2. The number of carboxylic acid groups (broad SMARTS) is 1. The Morgan fingerprint density at radius 1 is 1.45 bits per heavy atom. The van der Waals surface area contributed by atoms with Crippen molar-refractivity contribution in [3.05, 3.63) is 23.8 Å². The number of anilines is 1. The SMILES string of the molecule is COc1ccc(NC(=O)N(C)CCSC)c(C(=O)O)c1. The minimum absolute atomic E-state index is 0.00373. The van der Waals surface area contributed by atoms with E-state index in [0.717, 1.165) is 5.75 Å². The second-order valence-electron chi connectivity index (χ2n) is 4.06. The van der Waals surface area contributed by atoms with Gasteiger partial charge in [-0.25, -0.2) is 9.59 Å². The zero-order valence-corrected chi connectivity index (χ0v) is 12.5. The van der Waals surface area contributed by atoms with Crippen molar-refractivity contribution in [1.82, 2.24) is 4.90 Å². The number of nitrogens with one attached hydrogen (secondary N) is 1. The minimum Gasteiger partial charge on any atom is -0.497 e. The summed E-state index contributed by atoms with van der Waals surface area (Å²) in [6, 6.07) is 4.15. The molecule has 1 rings (SSSR count). The van der Waals surface area contributed by atoms with Gasteiger partial charge in [0.15, 0.2) is 0 Å². The minimum atomic E-state index is -1.12. The number of rotatable bonds is 6. The highest BCUT2D eigenvalue weighted by atomic mass is 32.2. The maximum Gasteiger partial charge on any atom is 0.337 e. The van der Waals surface area contributed by atoms with Crippen molar-refractivity contribution < 1.29 is 19.4 Å². The Labute approximate surface area is 122 Å². The van der Waals surface area contributed by atoms with E-state index in [1.165, 1.54) is 24.1 Å². The number of nitrogens with zero attached hydrogens (tertiary/aromatic N) is 1. The third-order valence-corrected chi connectivity index (χ3v) is 3.27. The lowest BCUT2D eigenvalue weighted by atomic mass is 10.1. The third-order valence-electron chi connectivity index (χ3n) is 2.68. The van der Waals surface area contributed by atoms with Gasteiger partial charge in [-0.1, -0.05) is 0 Å². The highest BCUT2D eigenvalue weighted by Crippen LogP contribution is 2.22. The third kappa shape index (κ3) is 4.34. The molecule has 0 aromatic heterocycles. The van der Waals surface area contributed by atoms with Gasteiger partial charge in [-0.3, -0.25) is 0 Å². The number of urea groups is 1. The van der Waals surface area contributed by atoms with Gasteiger partial charge in [0.25, 0.3) is 0 Å². The van der Waals surface area contributed by atoms with E-state index < -0.39 is 5.97 Å². The van der Waals surface area contributed by atoms with Crippen molar-refractivity contribution in [2.24, 2.45) is 0 Å². The number of hydrogen-bond donors (Lipinski definition) is 2. The summed E-state index contributed by atoms with van der Waals surface area (Å²) in [7, 11) is 3.12. The highest BCUT2D eigenvalue weighted by Gasteiger charge is 2.15. The monoisotopic (exact) mass is 298 g/mol. The van der Waals surface area contributed by atoms with Gasteiger partial charge in [0, 0.05) is 19.3 Å². The normalized spacial score (nSPS) is 9.95. The summed E-state index contributed by atoms with van der Waals surface area (Å²) in [5.41, 5.74) is 0.246. The Hall–Kier alpha value is -1.89. The predicted octanol–water partition coefficient (Wildman–Crippen LogP) is 2.22. The molecule has 1 aromatic rings. The number of aromatic carboxylic acids is 1. The molecule has 1 aromatic carbocycles. The van der Waals surface area contributed by atoms with Crippen LogP contribution in [0, 0.1) is 0 Å². The zero-order chi connectivity index (χ0) is 15.1. The molecule has 0 spiro atoms. The standard InChI is InChI=1S/C13H18N2O4S/c1-15(6-7-20-3)13(18)14-11-5-4-9(19-2)8-10(11)12(16)17/h4-5,8H,6-7H2,1-3H3,(H,14,18)(H,16,17). The van der Waals surface area contributed by atoms with E-state index in [1.807, 2.05) is 6.26 Å². The Bertz CT molecular complexity index is 493. The molecule has 110 valence electrons. The van der Waals surface area contributed by atoms with Crippen molar-refractivity contribution in [2.45, 2.75) is 0 Å². The van der Waals surface area contributed by atoms with Crippen LogP contribution < -0.4 is 10.1 Å². The lowest BCUT2D eigenvalue weighted by Gasteiger charge is -2.18. The van der Waals surface area contributed by atoms with Crippen LogP contribution in [0.4, 0.5) is 10.5 Å². The smallest absolute Gasteiger partial charge is 0.337 e. The largest absolute Gasteiger partial charge is 0.497 e. The molecule has 0 aliphatic rings. The van der Waals surface area contributed by atoms with Crippen LogP contribution >= 0.6 is 11.8 Å². The summed E-state index contributed by atoms with van der Waals surface area (Å²) in [5, 5.41) is 11.7. The molecule has 20 heavy (non-hydrogen) atoms. The van der Waals surface area contributed by atoms with Crippen molar-refractivity contribution in [1.29, 1.82) is 0 Å². The predicted molar refractivity (Wildman–Crippen MR) is 80.0 cm³/mol. The van der Waals surface area contributed by atoms with Gasteiger partial charge in [-0.15, -0.1) is 0 Å². The number of carboxylic acids is 1. The fraction of sp³-hybridized carbons (Fsp3) is 0.385. The molecule has 0 saturated carbocycles. The van der Waals surface area contributed by atoms with E-state index in [0.29, 0.717) is 12.3 Å². The van der Waals surface area contributed by atoms with Crippen LogP contribution in [0.1, 0.15) is 10.4 Å². The van der Waals surface area contributed by atoms with Crippen molar-refractivity contribution in [3.8, 4) is 5.75 Å². The Morgan fingerprint density at radius 2 is 2.15 bits per heavy atom. The van der Waals surface area contributed by atoms with Crippen LogP contribution in [0.3, 0.4) is 0 Å². The summed E-state index contributed by atoms with van der Waals surface area (Å²) in [4.78, 5) is 24.6. The molecule has 0 fully saturated rings. The molecule has 0 bridgehead atoms. The first-order valence-corrected chi connectivity index (χ1v) is 7.31. The first-order chi connectivity index (χ1) is 9.49. The molecule has 0 unspecified atom stereocenters. The molecule has 0 radical (unpaired) electrons. The quantitative estimate of drug-likeness (QED) is 0.842. The Balaban J connectivity index is 2.86. The molecule has 7 heteroatoms. The van der Waals surface area contributed by atoms with E-state index in [-0.39, 0.29) is 17.3 Å². The van der Waals surface area contributed by atoms with Gasteiger partial charge in [0.05, 0.1) is 18.4 Å². The molecule has 2 N–H and O–H groups in total. The summed E-state index contributed by atoms with van der Waals surface area (Å²) in [5.74, 6) is 0.125. The van der Waals surface area contributed by atoms with E-state index in [1.54, 1.807) is 24.9 Å². The summed E-state index contributed by atoms with van der Waals surface area (Å²) in [6.45, 7) is 0.589. The average Bonchev–Trinajstić information content (AvgIpc) is 2.44. The summed E-state index contributed by atoms with van der Waals surface area (Å²) in [6.07, 6.45) is 1.96. The van der Waals surface area contributed by atoms with Gasteiger partial charge in [-0.05, 0) is 24.5 Å². The van der Waals surface area contributed by atoms with Crippen LogP contribution in [-0.4, -0.2) is 54.7 Å². The number of hydrogen-bond acceptors (Lipinski definition) is 4. The fourth-order valence-electron chi connectivity index (χ4n) is 1.48. The van der Waals surface area contributed by atoms with E-state index in [2.05, 4.69) is 5.32 Å². The van der Waals surface area contributed by atoms with Crippen LogP contribution in [0.5, 0.6) is 5.75 Å². The number of carbonyl (C=O) groups is 2. The highest BCUT2D eigenvalue weighted by molar-refractivity contribution is 7.98. The fourth-order valence-corrected chi connectivity index (χ4v) is 1.93. The molecular weight excluding hydrogens is 280 g/mol. The number of methoxy groups -OCH3 is 1. The van der Waals surface area contributed by atoms with Crippen LogP contribution in [0.25, 0.3) is 0 Å². The van der Waals surface area contributed by atoms with Crippen LogP contribution in [0.15, 0.2) is 18.2 Å². The molecule has 2 amide bonds. The maximum absolute atomic E-state index is 11.9. The molecule has 0 atom stereocenters. The molecule has 0 aliphatic heterocycles. The topological polar surface area (TPSA) is 78.9 Å². The van der Waals surface area contributed by atoms with Crippen molar-refractivity contribution in [2.75, 3.05) is 38.0 Å². The van der Waals surface area contributed by atoms with Crippen molar-refractivity contribution >= 4 is 29.4 Å². The number of thioether (sulfide) groups is 1. The summed E-state index contributed by atoms with van der Waals surface area (Å²) >= 11 is 1.63. The Morgan fingerprint density at radius 3 is 2.70 bits per heavy atom. The summed E-state index contributed by atoms with van der Waals surface area (Å²) < 4.78 is 4.98. The molecule has 0 heterocycles. The van der Waals surface area contributed by atoms with Gasteiger partial charge >= 0.3 is 12.0 Å². The molecular formula is C13H18N2O4S. The van der Waals surface area contributed by atoms with Crippen LogP contribution in [-0.2, 0) is 0 Å². The van der Waals surface area contributed by atoms with E-state index in [4.69, 9.17) is 9.84 Å². The zero-order valence-electron chi connectivity index (χ0n) is 11.7. The number of amides is 2. The second-order valence-corrected chi connectivity index (χ2v) is 5.05. The molecule has 0 aliphatic carbocycles. The van der Waals surface area contributed by atoms with Gasteiger partial charge in [-0.2, -0.15) is 11.8 Å². The second kappa shape index (κ2) is 7.64. The average molecular weight is 298 g/mol. The van der Waals surface area contributed by atoms with Gasteiger partial charge in [0.1, 0.15) is 5.75 Å². The Kier molecular flexibility index (Phi) is 6.17. The van der Waals surface area contributed by atoms with Crippen molar-refractivity contribution in [3.63, 3.8) is 0 Å². The lowest BCUT2D eigenvalue weighted by Crippen LogP contribution is -2.33. The molecule has 6 nitrogen and oxygen atoms in total. The lowest BCUT2D eigenvalue weighted by molar-refractivity contribution is 0.0697. The number of carbonyl (C=O) groups excluding carboxylic acids is 1. The van der Waals surface area contributed by atoms with Gasteiger partial charge in [0.2, 0.25) is 0 Å². The van der Waals surface area contributed by atoms with Crippen LogP contribution in [0.2, 0.25) is 0 Å². The van der Waals surface area contributed by atoms with Gasteiger partial charge < -0.3 is 20.1 Å². The number of ether oxygens (including phenoxy) is 1. The maximum atomic E-state index is 11.9.